The maximum Gasteiger partial charge on any atom is 0.227 e. The van der Waals surface area contributed by atoms with Crippen LogP contribution in [0.15, 0.2) is 47.4 Å². The Hall–Kier alpha value is -2.77. The Labute approximate surface area is 166 Å². The molecule has 3 rings (SSSR count). The summed E-state index contributed by atoms with van der Waals surface area (Å²) >= 11 is 0. The van der Waals surface area contributed by atoms with Gasteiger partial charge in [0.1, 0.15) is 0 Å². The van der Waals surface area contributed by atoms with E-state index in [0.717, 1.165) is 43.9 Å². The molecule has 0 radical (unpaired) electrons. The van der Waals surface area contributed by atoms with Crippen LogP contribution in [0.5, 0.6) is 0 Å². The monoisotopic (exact) mass is 380 g/mol. The largest absolute Gasteiger partial charge is 0.403 e. The number of nitrogens with two attached hydrogens (primary N) is 1. The number of ether oxygens (including phenoxy) is 1. The normalized spacial score (nSPS) is 15.9. The third-order valence-electron chi connectivity index (χ3n) is 4.71. The van der Waals surface area contributed by atoms with Gasteiger partial charge in [0.2, 0.25) is 5.95 Å². The average Bonchev–Trinajstić information content (AvgIpc) is 2.73. The zero-order chi connectivity index (χ0) is 19.8. The predicted molar refractivity (Wildman–Crippen MR) is 113 cm³/mol. The van der Waals surface area contributed by atoms with Crippen molar-refractivity contribution in [2.45, 2.75) is 32.4 Å². The fourth-order valence-corrected chi connectivity index (χ4v) is 3.09. The quantitative estimate of drug-likeness (QED) is 0.639. The lowest BCUT2D eigenvalue weighted by atomic mass is 10.0. The molecule has 1 aliphatic heterocycles. The van der Waals surface area contributed by atoms with E-state index in [1.807, 2.05) is 13.1 Å². The SMILES string of the molecule is CNCc1ccc(-c2ccnc(NC(C=NC3CCOCC3)=CN)n2)cc1C. The highest BCUT2D eigenvalue weighted by molar-refractivity contribution is 5.82. The van der Waals surface area contributed by atoms with Crippen LogP contribution in [0, 0.1) is 6.92 Å². The molecule has 1 fully saturated rings. The lowest BCUT2D eigenvalue weighted by molar-refractivity contribution is 0.0872. The first-order valence-electron chi connectivity index (χ1n) is 9.57. The van der Waals surface area contributed by atoms with Crippen LogP contribution in [-0.4, -0.2) is 42.5 Å². The van der Waals surface area contributed by atoms with Crippen LogP contribution in [-0.2, 0) is 11.3 Å². The van der Waals surface area contributed by atoms with E-state index in [2.05, 4.69) is 50.7 Å². The molecule has 1 aromatic carbocycles. The zero-order valence-corrected chi connectivity index (χ0v) is 16.5. The van der Waals surface area contributed by atoms with Gasteiger partial charge in [-0.3, -0.25) is 4.99 Å². The molecule has 1 aromatic heterocycles. The summed E-state index contributed by atoms with van der Waals surface area (Å²) < 4.78 is 5.36. The van der Waals surface area contributed by atoms with Gasteiger partial charge in [-0.15, -0.1) is 0 Å². The van der Waals surface area contributed by atoms with E-state index in [1.165, 1.54) is 17.3 Å². The Morgan fingerprint density at radius 1 is 1.32 bits per heavy atom. The van der Waals surface area contributed by atoms with Crippen molar-refractivity contribution in [3.8, 4) is 11.3 Å². The molecule has 0 aliphatic carbocycles. The fraction of sp³-hybridized carbons (Fsp3) is 0.381. The topological polar surface area (TPSA) is 97.5 Å². The Morgan fingerprint density at radius 2 is 2.14 bits per heavy atom. The van der Waals surface area contributed by atoms with Gasteiger partial charge in [-0.05, 0) is 50.1 Å². The zero-order valence-electron chi connectivity index (χ0n) is 16.5. The van der Waals surface area contributed by atoms with Gasteiger partial charge in [0.15, 0.2) is 0 Å². The number of rotatable bonds is 7. The average molecular weight is 380 g/mol. The second kappa shape index (κ2) is 9.96. The molecular formula is C21H28N6O. The van der Waals surface area contributed by atoms with Crippen molar-refractivity contribution >= 4 is 12.2 Å². The second-order valence-electron chi connectivity index (χ2n) is 6.81. The van der Waals surface area contributed by atoms with Gasteiger partial charge < -0.3 is 21.1 Å². The van der Waals surface area contributed by atoms with Gasteiger partial charge in [-0.25, -0.2) is 9.97 Å². The van der Waals surface area contributed by atoms with E-state index in [0.29, 0.717) is 11.6 Å². The smallest absolute Gasteiger partial charge is 0.227 e. The molecule has 1 aliphatic rings. The fourth-order valence-electron chi connectivity index (χ4n) is 3.09. The third kappa shape index (κ3) is 5.37. The van der Waals surface area contributed by atoms with Crippen LogP contribution in [0.2, 0.25) is 0 Å². The molecule has 0 bridgehead atoms. The lowest BCUT2D eigenvalue weighted by Gasteiger charge is -2.18. The number of aryl methyl sites for hydroxylation is 1. The molecular weight excluding hydrogens is 352 g/mol. The third-order valence-corrected chi connectivity index (χ3v) is 4.71. The van der Waals surface area contributed by atoms with Crippen LogP contribution in [0.25, 0.3) is 11.3 Å². The van der Waals surface area contributed by atoms with Crippen LogP contribution >= 0.6 is 0 Å². The molecule has 0 unspecified atom stereocenters. The van der Waals surface area contributed by atoms with Crippen molar-refractivity contribution in [2.24, 2.45) is 10.7 Å². The lowest BCUT2D eigenvalue weighted by Crippen LogP contribution is -2.19. The standard InChI is InChI=1S/C21H28N6O/c1-15-11-16(3-4-17(15)13-23-2)20-5-8-24-21(27-20)26-19(12-22)14-25-18-6-9-28-10-7-18/h3-5,8,11-12,14,18,23H,6-7,9-10,13,22H2,1-2H3,(H,24,26,27). The van der Waals surface area contributed by atoms with Gasteiger partial charge in [0.25, 0.3) is 0 Å². The first kappa shape index (κ1) is 20.0. The van der Waals surface area contributed by atoms with Crippen molar-refractivity contribution in [3.05, 3.63) is 53.5 Å². The van der Waals surface area contributed by atoms with Crippen molar-refractivity contribution in [2.75, 3.05) is 25.6 Å². The molecule has 2 heterocycles. The minimum absolute atomic E-state index is 0.275. The number of nitrogens with zero attached hydrogens (tertiary/aromatic N) is 3. The molecule has 1 saturated heterocycles. The van der Waals surface area contributed by atoms with Gasteiger partial charge in [0.05, 0.1) is 17.4 Å². The van der Waals surface area contributed by atoms with Gasteiger partial charge >= 0.3 is 0 Å². The van der Waals surface area contributed by atoms with Crippen molar-refractivity contribution in [3.63, 3.8) is 0 Å². The second-order valence-corrected chi connectivity index (χ2v) is 6.81. The highest BCUT2D eigenvalue weighted by atomic mass is 16.5. The number of hydrogen-bond donors (Lipinski definition) is 3. The van der Waals surface area contributed by atoms with Crippen LogP contribution in [0.4, 0.5) is 5.95 Å². The number of hydrogen-bond acceptors (Lipinski definition) is 7. The maximum absolute atomic E-state index is 5.75. The van der Waals surface area contributed by atoms with E-state index in [1.54, 1.807) is 12.4 Å². The Balaban J connectivity index is 1.71. The number of aliphatic imine (C=N–C) groups is 1. The van der Waals surface area contributed by atoms with Crippen LogP contribution in [0.1, 0.15) is 24.0 Å². The van der Waals surface area contributed by atoms with Crippen molar-refractivity contribution < 1.29 is 4.74 Å². The molecule has 7 heteroatoms. The number of allylic oxidation sites excluding steroid dienone is 1. The van der Waals surface area contributed by atoms with E-state index >= 15 is 0 Å². The molecule has 0 saturated carbocycles. The van der Waals surface area contributed by atoms with Crippen molar-refractivity contribution in [1.82, 2.24) is 15.3 Å². The summed E-state index contributed by atoms with van der Waals surface area (Å²) in [5, 5.41) is 6.33. The molecule has 7 nitrogen and oxygen atoms in total. The maximum atomic E-state index is 5.75. The van der Waals surface area contributed by atoms with Gasteiger partial charge in [-0.2, -0.15) is 0 Å². The summed E-state index contributed by atoms with van der Waals surface area (Å²) in [7, 11) is 1.95. The molecule has 0 amide bonds. The van der Waals surface area contributed by atoms with E-state index < -0.39 is 0 Å². The van der Waals surface area contributed by atoms with E-state index in [4.69, 9.17) is 10.5 Å². The predicted octanol–water partition coefficient (Wildman–Crippen LogP) is 2.63. The van der Waals surface area contributed by atoms with Crippen LogP contribution < -0.4 is 16.4 Å². The summed E-state index contributed by atoms with van der Waals surface area (Å²) in [5.74, 6) is 0.490. The minimum Gasteiger partial charge on any atom is -0.403 e. The Kier molecular flexibility index (Phi) is 7.11. The number of aromatic nitrogens is 2. The highest BCUT2D eigenvalue weighted by Crippen LogP contribution is 2.21. The number of anilines is 1. The highest BCUT2D eigenvalue weighted by Gasteiger charge is 2.11. The first-order valence-corrected chi connectivity index (χ1v) is 9.57. The summed E-state index contributed by atoms with van der Waals surface area (Å²) in [4.78, 5) is 13.5. The first-order chi connectivity index (χ1) is 13.7. The summed E-state index contributed by atoms with van der Waals surface area (Å²) in [6.45, 7) is 4.47. The summed E-state index contributed by atoms with van der Waals surface area (Å²) in [6.07, 6.45) is 6.84. The molecule has 2 aromatic rings. The Bertz CT molecular complexity index is 843. The summed E-state index contributed by atoms with van der Waals surface area (Å²) in [6, 6.07) is 8.53. The van der Waals surface area contributed by atoms with Gasteiger partial charge in [0, 0.05) is 43.9 Å². The number of benzene rings is 1. The molecule has 0 spiro atoms. The van der Waals surface area contributed by atoms with Crippen LogP contribution in [0.3, 0.4) is 0 Å². The molecule has 0 atom stereocenters. The molecule has 4 N–H and O–H groups in total. The van der Waals surface area contributed by atoms with Crippen molar-refractivity contribution in [1.29, 1.82) is 0 Å². The minimum atomic E-state index is 0.275. The Morgan fingerprint density at radius 3 is 2.86 bits per heavy atom. The number of nitrogens with one attached hydrogen (secondary N) is 2. The van der Waals surface area contributed by atoms with Gasteiger partial charge in [-0.1, -0.05) is 12.1 Å². The molecule has 28 heavy (non-hydrogen) atoms. The van der Waals surface area contributed by atoms with E-state index in [-0.39, 0.29) is 6.04 Å². The summed E-state index contributed by atoms with van der Waals surface area (Å²) in [5.41, 5.74) is 10.8. The van der Waals surface area contributed by atoms with E-state index in [9.17, 15) is 0 Å². The molecule has 148 valence electrons.